The average Bonchev–Trinajstić information content (AvgIpc) is 3.37. The highest BCUT2D eigenvalue weighted by Gasteiger charge is 2.74. The lowest BCUT2D eigenvalue weighted by molar-refractivity contribution is -0.348. The molecule has 0 radical (unpaired) electrons. The van der Waals surface area contributed by atoms with Gasteiger partial charge in [0.25, 0.3) is 0 Å². The first kappa shape index (κ1) is 32.9. The van der Waals surface area contributed by atoms with Gasteiger partial charge in [-0.3, -0.25) is 4.79 Å². The fourth-order valence-electron chi connectivity index (χ4n) is 6.58. The van der Waals surface area contributed by atoms with E-state index in [0.29, 0.717) is 6.07 Å². The van der Waals surface area contributed by atoms with E-state index in [9.17, 15) is 57.5 Å². The van der Waals surface area contributed by atoms with Gasteiger partial charge >= 0.3 is 24.0 Å². The molecule has 1 saturated carbocycles. The summed E-state index contributed by atoms with van der Waals surface area (Å²) in [6.45, 7) is -1.06. The Bertz CT molecular complexity index is 1600. The summed E-state index contributed by atoms with van der Waals surface area (Å²) in [4.78, 5) is 25.6. The second-order valence-corrected chi connectivity index (χ2v) is 13.6. The number of benzene rings is 2. The van der Waals surface area contributed by atoms with E-state index in [4.69, 9.17) is 9.84 Å². The maximum absolute atomic E-state index is 14.9. The Morgan fingerprint density at radius 3 is 2.02 bits per heavy atom. The number of aliphatic carboxylic acids is 1. The smallest absolute Gasteiger partial charge is 0.435 e. The Morgan fingerprint density at radius 2 is 1.49 bits per heavy atom. The van der Waals surface area contributed by atoms with Gasteiger partial charge in [0.2, 0.25) is 11.6 Å². The van der Waals surface area contributed by atoms with E-state index in [1.54, 1.807) is 0 Å². The van der Waals surface area contributed by atoms with Crippen LogP contribution in [0.1, 0.15) is 43.2 Å². The lowest BCUT2D eigenvalue weighted by Gasteiger charge is -2.43. The number of hydrogen-bond donors (Lipinski definition) is 1. The van der Waals surface area contributed by atoms with Crippen LogP contribution in [0.25, 0.3) is 0 Å². The van der Waals surface area contributed by atoms with Crippen LogP contribution in [-0.2, 0) is 29.8 Å². The molecule has 0 spiro atoms. The Kier molecular flexibility index (Phi) is 7.69. The van der Waals surface area contributed by atoms with Gasteiger partial charge in [-0.25, -0.2) is 26.4 Å². The molecule has 2 fully saturated rings. The average molecular weight is 674 g/mol. The Balaban J connectivity index is 1.62. The molecular weight excluding hydrogens is 649 g/mol. The summed E-state index contributed by atoms with van der Waals surface area (Å²) >= 11 is 0. The fraction of sp³-hybridized carbons (Fsp3) is 0.500. The molecular formula is C28H24F9NO6S. The van der Waals surface area contributed by atoms with Crippen molar-refractivity contribution in [2.75, 3.05) is 13.2 Å². The number of hydrogen-bond acceptors (Lipinski definition) is 5. The molecule has 3 aliphatic rings. The van der Waals surface area contributed by atoms with Gasteiger partial charge in [-0.1, -0.05) is 12.1 Å². The summed E-state index contributed by atoms with van der Waals surface area (Å²) in [7, 11) is -4.74. The van der Waals surface area contributed by atoms with E-state index in [2.05, 4.69) is 0 Å². The Labute approximate surface area is 249 Å². The van der Waals surface area contributed by atoms with Crippen molar-refractivity contribution in [2.24, 2.45) is 5.92 Å². The van der Waals surface area contributed by atoms with Crippen LogP contribution in [-0.4, -0.2) is 67.5 Å². The number of carboxylic acid groups (broad SMARTS) is 1. The zero-order chi connectivity index (χ0) is 33.4. The van der Waals surface area contributed by atoms with E-state index in [0.717, 1.165) is 29.2 Å². The minimum atomic E-state index is -6.46. The number of sulfone groups is 1. The molecule has 45 heavy (non-hydrogen) atoms. The topological polar surface area (TPSA) is 101 Å². The molecule has 2 unspecified atom stereocenters. The normalized spacial score (nSPS) is 27.4. The van der Waals surface area contributed by atoms with Gasteiger partial charge in [0.05, 0.1) is 10.9 Å². The van der Waals surface area contributed by atoms with Gasteiger partial charge in [0.15, 0.2) is 9.84 Å². The van der Waals surface area contributed by atoms with Crippen LogP contribution in [0.3, 0.4) is 0 Å². The highest BCUT2D eigenvalue weighted by Crippen LogP contribution is 2.57. The SMILES string of the molecule is O=C([C@H]1CC[C@](F)(C(=O)O)CC1)N1CCC2(S(=O)(=O)c3ccc(F)cc3)c3ccc(C(F)(C(F)(F)F)C(F)(F)F)cc3OCC12. The van der Waals surface area contributed by atoms with Gasteiger partial charge in [0.1, 0.15) is 22.9 Å². The van der Waals surface area contributed by atoms with Crippen molar-refractivity contribution in [3.63, 3.8) is 0 Å². The van der Waals surface area contributed by atoms with Crippen LogP contribution in [0.2, 0.25) is 0 Å². The first-order valence-corrected chi connectivity index (χ1v) is 15.0. The van der Waals surface area contributed by atoms with Crippen molar-refractivity contribution in [3.05, 3.63) is 59.4 Å². The minimum absolute atomic E-state index is 0.132. The van der Waals surface area contributed by atoms with Crippen LogP contribution in [0.5, 0.6) is 5.75 Å². The van der Waals surface area contributed by atoms with Crippen LogP contribution in [0.4, 0.5) is 39.5 Å². The van der Waals surface area contributed by atoms with E-state index in [1.165, 1.54) is 0 Å². The maximum atomic E-state index is 14.9. The molecule has 1 saturated heterocycles. The van der Waals surface area contributed by atoms with Crippen molar-refractivity contribution in [2.45, 2.75) is 71.5 Å². The van der Waals surface area contributed by atoms with Crippen molar-refractivity contribution >= 4 is 21.7 Å². The first-order valence-electron chi connectivity index (χ1n) is 13.5. The molecule has 17 heteroatoms. The van der Waals surface area contributed by atoms with Gasteiger partial charge in [-0.05, 0) is 62.4 Å². The summed E-state index contributed by atoms with van der Waals surface area (Å²) < 4.78 is 156. The fourth-order valence-corrected chi connectivity index (χ4v) is 8.87. The number of ether oxygens (including phenoxy) is 1. The number of alkyl halides is 8. The molecule has 2 aliphatic heterocycles. The number of amides is 1. The van der Waals surface area contributed by atoms with Crippen LogP contribution >= 0.6 is 0 Å². The lowest BCUT2D eigenvalue weighted by Crippen LogP contribution is -2.56. The quantitative estimate of drug-likeness (QED) is 0.320. The van der Waals surface area contributed by atoms with E-state index < -0.39 is 116 Å². The Morgan fingerprint density at radius 1 is 0.911 bits per heavy atom. The molecule has 1 N–H and O–H groups in total. The monoisotopic (exact) mass is 673 g/mol. The minimum Gasteiger partial charge on any atom is -0.491 e. The standard InChI is InChI=1S/C28H24F9NO6S/c29-17-2-4-18(5-3-17)45(42,43)25-11-12-38(22(39)15-7-9-24(30,10-8-15)23(40)41)21(25)14-44-20-13-16(1-6-19(20)25)26(31,27(32,33)34)28(35,36)37/h1-6,13,15,21H,7-12,14H2,(H,40,41)/t15-,21?,24+,25?. The number of likely N-dealkylation sites (tertiary alicyclic amines) is 1. The first-order chi connectivity index (χ1) is 20.7. The lowest BCUT2D eigenvalue weighted by atomic mass is 9.79. The molecule has 5 rings (SSSR count). The molecule has 246 valence electrons. The largest absolute Gasteiger partial charge is 0.491 e. The molecule has 0 aromatic heterocycles. The van der Waals surface area contributed by atoms with Gasteiger partial charge in [-0.2, -0.15) is 26.3 Å². The number of halogens is 9. The summed E-state index contributed by atoms with van der Waals surface area (Å²) in [6.07, 6.45) is -14.7. The Hall–Kier alpha value is -3.50. The number of carboxylic acids is 1. The van der Waals surface area contributed by atoms with Crippen LogP contribution in [0, 0.1) is 11.7 Å². The van der Waals surface area contributed by atoms with Crippen LogP contribution in [0.15, 0.2) is 47.4 Å². The predicted octanol–water partition coefficient (Wildman–Crippen LogP) is 5.76. The van der Waals surface area contributed by atoms with E-state index in [1.807, 2.05) is 0 Å². The molecule has 2 aromatic carbocycles. The van der Waals surface area contributed by atoms with Gasteiger partial charge in [-0.15, -0.1) is 0 Å². The second kappa shape index (κ2) is 10.5. The third kappa shape index (κ3) is 4.83. The molecule has 1 aliphatic carbocycles. The summed E-state index contributed by atoms with van der Waals surface area (Å²) in [5.74, 6) is -4.90. The van der Waals surface area contributed by atoms with Crippen molar-refractivity contribution in [3.8, 4) is 5.75 Å². The number of carbonyl (C=O) groups is 2. The molecule has 2 heterocycles. The van der Waals surface area contributed by atoms with Crippen molar-refractivity contribution in [1.82, 2.24) is 4.90 Å². The molecule has 2 atom stereocenters. The van der Waals surface area contributed by atoms with E-state index >= 15 is 0 Å². The summed E-state index contributed by atoms with van der Waals surface area (Å²) in [5.41, 5.74) is -10.7. The number of rotatable bonds is 5. The molecule has 0 bridgehead atoms. The zero-order valence-electron chi connectivity index (χ0n) is 22.9. The summed E-state index contributed by atoms with van der Waals surface area (Å²) in [5, 5.41) is 9.16. The third-order valence-electron chi connectivity index (χ3n) is 9.05. The highest BCUT2D eigenvalue weighted by atomic mass is 32.2. The molecule has 1 amide bonds. The second-order valence-electron chi connectivity index (χ2n) is 11.4. The maximum Gasteiger partial charge on any atom is 0.435 e. The van der Waals surface area contributed by atoms with E-state index in [-0.39, 0.29) is 31.5 Å². The van der Waals surface area contributed by atoms with Gasteiger partial charge in [0, 0.05) is 23.6 Å². The van der Waals surface area contributed by atoms with Crippen molar-refractivity contribution in [1.29, 1.82) is 0 Å². The number of fused-ring (bicyclic) bond motifs is 3. The third-order valence-corrected chi connectivity index (χ3v) is 11.6. The summed E-state index contributed by atoms with van der Waals surface area (Å²) in [6, 6.07) is 2.89. The number of carbonyl (C=O) groups excluding carboxylic acids is 1. The molecule has 7 nitrogen and oxygen atoms in total. The number of nitrogens with zero attached hydrogens (tertiary/aromatic N) is 1. The van der Waals surface area contributed by atoms with Crippen LogP contribution < -0.4 is 4.74 Å². The van der Waals surface area contributed by atoms with Crippen molar-refractivity contribution < 1.29 is 67.4 Å². The molecule has 2 aromatic rings. The predicted molar refractivity (Wildman–Crippen MR) is 136 cm³/mol. The zero-order valence-corrected chi connectivity index (χ0v) is 23.7. The van der Waals surface area contributed by atoms with Gasteiger partial charge < -0.3 is 14.7 Å². The highest BCUT2D eigenvalue weighted by molar-refractivity contribution is 7.92.